The normalized spacial score (nSPS) is 19.3. The summed E-state index contributed by atoms with van der Waals surface area (Å²) in [5, 5.41) is 3.02. The van der Waals surface area contributed by atoms with Crippen LogP contribution in [0.4, 0.5) is 10.1 Å². The molecule has 0 atom stereocenters. The molecular formula is C26H33FN2O2. The van der Waals surface area contributed by atoms with Gasteiger partial charge in [0.25, 0.3) is 0 Å². The predicted molar refractivity (Wildman–Crippen MR) is 122 cm³/mol. The molecule has 2 fully saturated rings. The van der Waals surface area contributed by atoms with E-state index in [2.05, 4.69) is 17.1 Å². The summed E-state index contributed by atoms with van der Waals surface area (Å²) >= 11 is 0. The molecule has 31 heavy (non-hydrogen) atoms. The number of carbonyl (C=O) groups excluding carboxylic acids is 1. The van der Waals surface area contributed by atoms with Gasteiger partial charge in [0, 0.05) is 17.8 Å². The van der Waals surface area contributed by atoms with Crippen LogP contribution in [0.5, 0.6) is 5.75 Å². The molecule has 1 saturated heterocycles. The van der Waals surface area contributed by atoms with E-state index in [-0.39, 0.29) is 11.7 Å². The zero-order chi connectivity index (χ0) is 21.7. The molecule has 0 spiro atoms. The zero-order valence-corrected chi connectivity index (χ0v) is 18.4. The number of halogens is 1. The van der Waals surface area contributed by atoms with Gasteiger partial charge >= 0.3 is 0 Å². The highest BCUT2D eigenvalue weighted by atomic mass is 19.1. The van der Waals surface area contributed by atoms with Gasteiger partial charge in [-0.25, -0.2) is 4.39 Å². The van der Waals surface area contributed by atoms with Gasteiger partial charge in [0.15, 0.2) is 0 Å². The number of likely N-dealkylation sites (tertiary alicyclic amines) is 1. The Hall–Kier alpha value is -2.40. The Kier molecular flexibility index (Phi) is 6.91. The van der Waals surface area contributed by atoms with Gasteiger partial charge in [0.2, 0.25) is 5.91 Å². The van der Waals surface area contributed by atoms with Crippen molar-refractivity contribution >= 4 is 11.6 Å². The van der Waals surface area contributed by atoms with Crippen molar-refractivity contribution in [1.29, 1.82) is 0 Å². The number of nitrogens with one attached hydrogen (secondary N) is 1. The summed E-state index contributed by atoms with van der Waals surface area (Å²) in [5.41, 5.74) is 0.439. The van der Waals surface area contributed by atoms with Crippen molar-refractivity contribution in [2.75, 3.05) is 31.6 Å². The van der Waals surface area contributed by atoms with Crippen molar-refractivity contribution in [2.24, 2.45) is 5.92 Å². The molecule has 2 aromatic rings. The molecule has 0 unspecified atom stereocenters. The van der Waals surface area contributed by atoms with Crippen molar-refractivity contribution in [1.82, 2.24) is 4.90 Å². The van der Waals surface area contributed by atoms with Gasteiger partial charge in [-0.3, -0.25) is 9.69 Å². The highest BCUT2D eigenvalue weighted by molar-refractivity contribution is 5.99. The Morgan fingerprint density at radius 2 is 1.77 bits per heavy atom. The molecule has 4 rings (SSSR count). The average Bonchev–Trinajstić information content (AvgIpc) is 3.28. The lowest BCUT2D eigenvalue weighted by Crippen LogP contribution is -2.38. The second kappa shape index (κ2) is 9.82. The van der Waals surface area contributed by atoms with Crippen LogP contribution in [0.3, 0.4) is 0 Å². The number of anilines is 1. The molecule has 166 valence electrons. The van der Waals surface area contributed by atoms with Gasteiger partial charge < -0.3 is 10.1 Å². The molecule has 1 aliphatic heterocycles. The number of hydrogen-bond donors (Lipinski definition) is 1. The number of benzene rings is 2. The molecule has 0 aromatic heterocycles. The van der Waals surface area contributed by atoms with E-state index in [0.29, 0.717) is 30.7 Å². The minimum atomic E-state index is -0.785. The van der Waals surface area contributed by atoms with E-state index in [9.17, 15) is 9.18 Å². The quantitative estimate of drug-likeness (QED) is 0.648. The lowest BCUT2D eigenvalue weighted by atomic mass is 9.77. The fourth-order valence-corrected chi connectivity index (χ4v) is 4.91. The maximum atomic E-state index is 14.5. The molecule has 5 heteroatoms. The van der Waals surface area contributed by atoms with Crippen LogP contribution in [0, 0.1) is 11.7 Å². The van der Waals surface area contributed by atoms with Gasteiger partial charge in [-0.2, -0.15) is 0 Å². The lowest BCUT2D eigenvalue weighted by Gasteiger charge is -2.30. The minimum Gasteiger partial charge on any atom is -0.492 e. The van der Waals surface area contributed by atoms with E-state index in [0.717, 1.165) is 44.1 Å². The van der Waals surface area contributed by atoms with Crippen LogP contribution in [0.15, 0.2) is 48.5 Å². The van der Waals surface area contributed by atoms with Crippen LogP contribution in [-0.4, -0.2) is 37.0 Å². The van der Waals surface area contributed by atoms with Crippen molar-refractivity contribution in [3.05, 3.63) is 59.9 Å². The van der Waals surface area contributed by atoms with Crippen LogP contribution >= 0.6 is 0 Å². The number of rotatable bonds is 7. The number of amides is 1. The van der Waals surface area contributed by atoms with E-state index in [1.807, 2.05) is 30.3 Å². The molecule has 1 N–H and O–H groups in total. The fourth-order valence-electron chi connectivity index (χ4n) is 4.91. The smallest absolute Gasteiger partial charge is 0.235 e. The number of nitrogens with zero attached hydrogens (tertiary/aromatic N) is 1. The molecule has 0 radical (unpaired) electrons. The third-order valence-corrected chi connectivity index (χ3v) is 6.95. The van der Waals surface area contributed by atoms with Gasteiger partial charge in [-0.15, -0.1) is 0 Å². The molecule has 1 heterocycles. The minimum absolute atomic E-state index is 0.122. The first-order chi connectivity index (χ1) is 15.1. The summed E-state index contributed by atoms with van der Waals surface area (Å²) < 4.78 is 20.4. The Bertz CT molecular complexity index is 869. The highest BCUT2D eigenvalue weighted by Crippen LogP contribution is 2.43. The van der Waals surface area contributed by atoms with E-state index in [1.165, 1.54) is 18.9 Å². The van der Waals surface area contributed by atoms with Crippen molar-refractivity contribution in [3.8, 4) is 5.75 Å². The number of ether oxygens (including phenoxy) is 1. The largest absolute Gasteiger partial charge is 0.492 e. The first-order valence-electron chi connectivity index (χ1n) is 11.6. The van der Waals surface area contributed by atoms with Crippen molar-refractivity contribution in [2.45, 2.75) is 50.9 Å². The monoisotopic (exact) mass is 424 g/mol. The second-order valence-electron chi connectivity index (χ2n) is 9.12. The molecule has 1 amide bonds. The standard InChI is InChI=1S/C26H33FN2O2/c1-20-12-16-29(17-13-20)18-19-31-22-10-8-21(9-11-22)28-25(30)26(14-4-5-15-26)23-6-2-3-7-24(23)27/h2-3,6-11,20H,4-5,12-19H2,1H3,(H,28,30). The molecule has 2 aliphatic rings. The summed E-state index contributed by atoms with van der Waals surface area (Å²) in [6.45, 7) is 6.23. The Morgan fingerprint density at radius 1 is 1.10 bits per heavy atom. The van der Waals surface area contributed by atoms with Gasteiger partial charge in [-0.05, 0) is 75.0 Å². The van der Waals surface area contributed by atoms with Crippen molar-refractivity contribution < 1.29 is 13.9 Å². The third-order valence-electron chi connectivity index (χ3n) is 6.95. The summed E-state index contributed by atoms with van der Waals surface area (Å²) in [4.78, 5) is 15.7. The molecule has 1 aliphatic carbocycles. The summed E-state index contributed by atoms with van der Waals surface area (Å²) in [7, 11) is 0. The van der Waals surface area contributed by atoms with E-state index < -0.39 is 5.41 Å². The summed E-state index contributed by atoms with van der Waals surface area (Å²) in [6, 6.07) is 14.2. The number of hydrogen-bond acceptors (Lipinski definition) is 3. The first kappa shape index (κ1) is 21.8. The third kappa shape index (κ3) is 5.09. The zero-order valence-electron chi connectivity index (χ0n) is 18.4. The Morgan fingerprint density at radius 3 is 2.45 bits per heavy atom. The second-order valence-corrected chi connectivity index (χ2v) is 9.12. The molecule has 4 nitrogen and oxygen atoms in total. The maximum absolute atomic E-state index is 14.5. The lowest BCUT2D eigenvalue weighted by molar-refractivity contribution is -0.121. The van der Waals surface area contributed by atoms with E-state index in [4.69, 9.17) is 4.74 Å². The summed E-state index contributed by atoms with van der Waals surface area (Å²) in [6.07, 6.45) is 5.76. The Labute approximate surface area is 184 Å². The van der Waals surface area contributed by atoms with E-state index >= 15 is 0 Å². The number of piperidine rings is 1. The number of carbonyl (C=O) groups is 1. The van der Waals surface area contributed by atoms with E-state index in [1.54, 1.807) is 12.1 Å². The van der Waals surface area contributed by atoms with Crippen LogP contribution in [0.2, 0.25) is 0 Å². The molecule has 2 aromatic carbocycles. The van der Waals surface area contributed by atoms with Gasteiger partial charge in [0.1, 0.15) is 18.2 Å². The summed E-state index contributed by atoms with van der Waals surface area (Å²) in [5.74, 6) is 1.21. The van der Waals surface area contributed by atoms with Crippen LogP contribution < -0.4 is 10.1 Å². The van der Waals surface area contributed by atoms with Crippen LogP contribution in [0.25, 0.3) is 0 Å². The van der Waals surface area contributed by atoms with Crippen LogP contribution in [-0.2, 0) is 10.2 Å². The molecule has 0 bridgehead atoms. The predicted octanol–water partition coefficient (Wildman–Crippen LogP) is 5.39. The maximum Gasteiger partial charge on any atom is 0.235 e. The highest BCUT2D eigenvalue weighted by Gasteiger charge is 2.44. The first-order valence-corrected chi connectivity index (χ1v) is 11.6. The van der Waals surface area contributed by atoms with Crippen molar-refractivity contribution in [3.63, 3.8) is 0 Å². The van der Waals surface area contributed by atoms with Gasteiger partial charge in [-0.1, -0.05) is 38.0 Å². The molecular weight excluding hydrogens is 391 g/mol. The molecule has 1 saturated carbocycles. The Balaban J connectivity index is 1.34. The fraction of sp³-hybridized carbons (Fsp3) is 0.500. The average molecular weight is 425 g/mol. The SMILES string of the molecule is CC1CCN(CCOc2ccc(NC(=O)C3(c4ccccc4F)CCCC3)cc2)CC1. The topological polar surface area (TPSA) is 41.6 Å². The van der Waals surface area contributed by atoms with Gasteiger partial charge in [0.05, 0.1) is 5.41 Å². The van der Waals surface area contributed by atoms with Crippen LogP contribution in [0.1, 0.15) is 51.0 Å².